The normalized spacial score (nSPS) is 24.6. The lowest BCUT2D eigenvalue weighted by atomic mass is 9.69. The number of methoxy groups -OCH3 is 1. The predicted molar refractivity (Wildman–Crippen MR) is 191 cm³/mol. The van der Waals surface area contributed by atoms with Crippen LogP contribution < -0.4 is 20.1 Å². The zero-order chi connectivity index (χ0) is 33.6. The maximum absolute atomic E-state index is 13.5. The van der Waals surface area contributed by atoms with Gasteiger partial charge in [-0.05, 0) is 111 Å². The Balaban J connectivity index is 1.37. The number of aryl methyl sites for hydroxylation is 1. The summed E-state index contributed by atoms with van der Waals surface area (Å²) in [4.78, 5) is 15.9. The van der Waals surface area contributed by atoms with Crippen LogP contribution in [-0.4, -0.2) is 68.0 Å². The zero-order valence-corrected chi connectivity index (χ0v) is 30.2. The number of fused-ring (bicyclic) bond motifs is 3. The first-order valence-electron chi connectivity index (χ1n) is 17.5. The standard InChI is InChI=1S/C37H54ClN3O5S/c1-5-7-25(2)26(3)47(43)40-36(42)29-11-14-35-34(19-29)41(20-30-10-9-27(30)15-17-45-22-32(39)21-44-4)23-37(24-46-35)16-6-8-28-18-31(38)12-13-33(28)37/h11-14,18-19,25-27,30,32H,5-10,15-17,20-24,39H2,1-4H3,(H,40,42)/t25?,26?,27?,30?,32?,37-,47?/m0/s1. The molecule has 0 radical (unpaired) electrons. The lowest BCUT2D eigenvalue weighted by molar-refractivity contribution is 0.0581. The number of halogens is 1. The predicted octanol–water partition coefficient (Wildman–Crippen LogP) is 6.44. The molecule has 7 atom stereocenters. The minimum Gasteiger partial charge on any atom is -0.490 e. The van der Waals surface area contributed by atoms with Crippen molar-refractivity contribution in [1.82, 2.24) is 4.72 Å². The molecule has 0 saturated heterocycles. The SMILES string of the molecule is CCCC(C)C(C)S(=O)NC(=O)c1ccc2c(c1)N(CC1CCC1CCOCC(N)COC)C[C@@]1(CCCc3cc(Cl)ccc31)CO2. The Labute approximate surface area is 289 Å². The summed E-state index contributed by atoms with van der Waals surface area (Å²) in [5, 5.41) is 0.638. The van der Waals surface area contributed by atoms with Crippen molar-refractivity contribution >= 4 is 34.2 Å². The third kappa shape index (κ3) is 8.71. The van der Waals surface area contributed by atoms with E-state index in [4.69, 9.17) is 31.5 Å². The van der Waals surface area contributed by atoms with Crippen LogP contribution in [0.5, 0.6) is 5.75 Å². The summed E-state index contributed by atoms with van der Waals surface area (Å²) < 4.78 is 33.6. The van der Waals surface area contributed by atoms with E-state index in [9.17, 15) is 9.00 Å². The van der Waals surface area contributed by atoms with E-state index in [0.717, 1.165) is 74.5 Å². The van der Waals surface area contributed by atoms with E-state index in [1.807, 2.05) is 25.1 Å². The zero-order valence-electron chi connectivity index (χ0n) is 28.6. The molecule has 1 heterocycles. The molecule has 3 aliphatic rings. The lowest BCUT2D eigenvalue weighted by Gasteiger charge is -2.44. The van der Waals surface area contributed by atoms with Gasteiger partial charge in [-0.3, -0.25) is 9.52 Å². The Morgan fingerprint density at radius 2 is 2.00 bits per heavy atom. The van der Waals surface area contributed by atoms with Gasteiger partial charge in [0.15, 0.2) is 0 Å². The van der Waals surface area contributed by atoms with E-state index in [-0.39, 0.29) is 28.5 Å². The van der Waals surface area contributed by atoms with Crippen LogP contribution in [0.1, 0.15) is 87.2 Å². The van der Waals surface area contributed by atoms with E-state index in [1.54, 1.807) is 13.2 Å². The number of carbonyl (C=O) groups excluding carboxylic acids is 1. The number of hydrogen-bond donors (Lipinski definition) is 2. The number of carbonyl (C=O) groups is 1. The molecule has 1 saturated carbocycles. The van der Waals surface area contributed by atoms with Gasteiger partial charge in [0.1, 0.15) is 16.7 Å². The van der Waals surface area contributed by atoms with Gasteiger partial charge in [-0.1, -0.05) is 37.9 Å². The van der Waals surface area contributed by atoms with Crippen molar-refractivity contribution in [2.75, 3.05) is 51.5 Å². The van der Waals surface area contributed by atoms with E-state index in [0.29, 0.717) is 43.8 Å². The molecule has 2 aromatic rings. The van der Waals surface area contributed by atoms with E-state index in [1.165, 1.54) is 17.5 Å². The number of amides is 1. The van der Waals surface area contributed by atoms with Crippen LogP contribution in [0.2, 0.25) is 5.02 Å². The monoisotopic (exact) mass is 687 g/mol. The van der Waals surface area contributed by atoms with Gasteiger partial charge in [0.25, 0.3) is 5.91 Å². The molecule has 1 amide bonds. The van der Waals surface area contributed by atoms with Crippen molar-refractivity contribution in [3.8, 4) is 5.75 Å². The summed E-state index contributed by atoms with van der Waals surface area (Å²) in [6.45, 7) is 10.1. The number of nitrogens with zero attached hydrogens (tertiary/aromatic N) is 1. The van der Waals surface area contributed by atoms with E-state index < -0.39 is 11.0 Å². The number of rotatable bonds is 15. The van der Waals surface area contributed by atoms with Gasteiger partial charge >= 0.3 is 0 Å². The minimum absolute atomic E-state index is 0.109. The molecular formula is C37H54ClN3O5S. The first kappa shape index (κ1) is 36.1. The second-order valence-electron chi connectivity index (χ2n) is 14.2. The molecule has 2 aromatic carbocycles. The highest BCUT2D eigenvalue weighted by Crippen LogP contribution is 2.46. The summed E-state index contributed by atoms with van der Waals surface area (Å²) in [6, 6.07) is 11.9. The highest BCUT2D eigenvalue weighted by Gasteiger charge is 2.43. The summed E-state index contributed by atoms with van der Waals surface area (Å²) >= 11 is 6.44. The lowest BCUT2D eigenvalue weighted by Crippen LogP contribution is -2.48. The highest BCUT2D eigenvalue weighted by molar-refractivity contribution is 7.84. The second kappa shape index (κ2) is 16.5. The largest absolute Gasteiger partial charge is 0.490 e. The molecule has 10 heteroatoms. The van der Waals surface area contributed by atoms with Gasteiger partial charge in [-0.25, -0.2) is 4.21 Å². The Hall–Kier alpha value is -2.17. The van der Waals surface area contributed by atoms with Gasteiger partial charge < -0.3 is 24.8 Å². The average molecular weight is 688 g/mol. The first-order chi connectivity index (χ1) is 22.6. The maximum atomic E-state index is 13.5. The third-order valence-corrected chi connectivity index (χ3v) is 12.5. The molecule has 3 N–H and O–H groups in total. The van der Waals surface area contributed by atoms with Crippen molar-refractivity contribution in [2.24, 2.45) is 23.5 Å². The molecule has 8 nitrogen and oxygen atoms in total. The topological polar surface area (TPSA) is 103 Å². The summed E-state index contributed by atoms with van der Waals surface area (Å²) in [6.07, 6.45) is 8.45. The Bertz CT molecular complexity index is 1390. The molecular weight excluding hydrogens is 634 g/mol. The number of benzene rings is 2. The molecule has 1 aliphatic heterocycles. The number of hydrogen-bond acceptors (Lipinski definition) is 7. The fraction of sp³-hybridized carbons (Fsp3) is 0.649. The second-order valence-corrected chi connectivity index (χ2v) is 16.1. The number of anilines is 1. The van der Waals surface area contributed by atoms with Gasteiger partial charge in [-0.2, -0.15) is 0 Å². The van der Waals surface area contributed by atoms with Gasteiger partial charge in [0, 0.05) is 42.8 Å². The Kier molecular flexibility index (Phi) is 12.7. The van der Waals surface area contributed by atoms with Crippen LogP contribution in [0, 0.1) is 17.8 Å². The Morgan fingerprint density at radius 1 is 1.19 bits per heavy atom. The van der Waals surface area contributed by atoms with Gasteiger partial charge in [0.05, 0.1) is 36.8 Å². The smallest absolute Gasteiger partial charge is 0.263 e. The third-order valence-electron chi connectivity index (χ3n) is 10.8. The number of nitrogens with one attached hydrogen (secondary N) is 1. The van der Waals surface area contributed by atoms with E-state index in [2.05, 4.69) is 35.6 Å². The van der Waals surface area contributed by atoms with Crippen molar-refractivity contribution in [2.45, 2.75) is 88.8 Å². The fourth-order valence-electron chi connectivity index (χ4n) is 7.67. The molecule has 47 heavy (non-hydrogen) atoms. The molecule has 1 fully saturated rings. The van der Waals surface area contributed by atoms with Crippen molar-refractivity contribution in [3.63, 3.8) is 0 Å². The molecule has 0 bridgehead atoms. The van der Waals surface area contributed by atoms with Crippen LogP contribution in [0.15, 0.2) is 36.4 Å². The van der Waals surface area contributed by atoms with Gasteiger partial charge in [-0.15, -0.1) is 0 Å². The number of nitrogens with two attached hydrogens (primary N) is 1. The quantitative estimate of drug-likeness (QED) is 0.208. The molecule has 5 rings (SSSR count). The maximum Gasteiger partial charge on any atom is 0.263 e. The van der Waals surface area contributed by atoms with Crippen LogP contribution >= 0.6 is 11.6 Å². The van der Waals surface area contributed by atoms with Crippen molar-refractivity contribution in [3.05, 3.63) is 58.1 Å². The molecule has 6 unspecified atom stereocenters. The van der Waals surface area contributed by atoms with Crippen LogP contribution in [0.3, 0.4) is 0 Å². The summed E-state index contributed by atoms with van der Waals surface area (Å²) in [5.41, 5.74) is 9.91. The summed E-state index contributed by atoms with van der Waals surface area (Å²) in [7, 11) is 0.181. The van der Waals surface area contributed by atoms with Crippen LogP contribution in [0.4, 0.5) is 5.69 Å². The first-order valence-corrected chi connectivity index (χ1v) is 19.1. The minimum atomic E-state index is -1.47. The highest BCUT2D eigenvalue weighted by atomic mass is 35.5. The van der Waals surface area contributed by atoms with Crippen LogP contribution in [-0.2, 0) is 32.3 Å². The van der Waals surface area contributed by atoms with Gasteiger partial charge in [0.2, 0.25) is 0 Å². The molecule has 2 aliphatic carbocycles. The number of ether oxygens (including phenoxy) is 3. The summed E-state index contributed by atoms with van der Waals surface area (Å²) in [5.74, 6) is 1.80. The molecule has 0 aromatic heterocycles. The van der Waals surface area contributed by atoms with Crippen LogP contribution in [0.25, 0.3) is 0 Å². The fourth-order valence-corrected chi connectivity index (χ4v) is 8.91. The van der Waals surface area contributed by atoms with E-state index >= 15 is 0 Å². The van der Waals surface area contributed by atoms with Crippen molar-refractivity contribution in [1.29, 1.82) is 0 Å². The molecule has 1 spiro atoms. The Morgan fingerprint density at radius 3 is 2.74 bits per heavy atom. The molecule has 260 valence electrons. The van der Waals surface area contributed by atoms with Crippen molar-refractivity contribution < 1.29 is 23.2 Å². The average Bonchev–Trinajstić information content (AvgIpc) is 3.19.